The SMILES string of the molecule is COCC(C)N1Cc2c(n(CC(=O)Nc3ccc(F)cn3)c3cc(C(=O)Nc4cccnn4)nn3c2=O)C1=O. The smallest absolute Gasteiger partial charge is 0.280 e. The molecule has 0 radical (unpaired) electrons. The van der Waals surface area contributed by atoms with Crippen molar-refractivity contribution in [2.75, 3.05) is 24.4 Å². The molecule has 0 saturated carbocycles. The molecule has 3 amide bonds. The van der Waals surface area contributed by atoms with E-state index in [-0.39, 0.29) is 53.4 Å². The summed E-state index contributed by atoms with van der Waals surface area (Å²) in [5, 5.41) is 16.7. The average Bonchev–Trinajstić information content (AvgIpc) is 3.52. The van der Waals surface area contributed by atoms with Crippen LogP contribution in [-0.4, -0.2) is 71.7 Å². The summed E-state index contributed by atoms with van der Waals surface area (Å²) in [7, 11) is 1.50. The van der Waals surface area contributed by atoms with E-state index in [0.717, 1.165) is 16.8 Å². The Morgan fingerprint density at radius 3 is 2.69 bits per heavy atom. The molecule has 15 heteroatoms. The van der Waals surface area contributed by atoms with Crippen LogP contribution in [0.1, 0.15) is 33.5 Å². The highest BCUT2D eigenvalue weighted by Gasteiger charge is 2.37. The minimum Gasteiger partial charge on any atom is -0.383 e. The summed E-state index contributed by atoms with van der Waals surface area (Å²) in [6.07, 6.45) is 2.39. The molecule has 2 N–H and O–H groups in total. The van der Waals surface area contributed by atoms with Crippen molar-refractivity contribution in [2.45, 2.75) is 26.1 Å². The monoisotopic (exact) mass is 535 g/mol. The average molecular weight is 535 g/mol. The lowest BCUT2D eigenvalue weighted by Gasteiger charge is -2.23. The number of ether oxygens (including phenoxy) is 1. The van der Waals surface area contributed by atoms with Crippen LogP contribution >= 0.6 is 0 Å². The molecule has 0 fully saturated rings. The predicted octanol–water partition coefficient (Wildman–Crippen LogP) is 0.702. The Labute approximate surface area is 219 Å². The highest BCUT2D eigenvalue weighted by Crippen LogP contribution is 2.25. The number of anilines is 2. The van der Waals surface area contributed by atoms with Crippen LogP contribution in [0.2, 0.25) is 0 Å². The standard InChI is InChI=1S/C24H22FN9O5/c1-13(12-39-2)32-10-15-21(24(32)38)33(11-19(35)28-17-6-5-14(25)9-26-17)20-8-16(31-34(20)23(15)37)22(36)29-18-4-3-7-27-30-18/h3-9,13H,10-12H2,1-2H3,(H,26,28,35)(H,29,30,36). The van der Waals surface area contributed by atoms with Gasteiger partial charge in [0.15, 0.2) is 11.5 Å². The van der Waals surface area contributed by atoms with Crippen LogP contribution in [0.4, 0.5) is 16.0 Å². The molecule has 0 bridgehead atoms. The molecular weight excluding hydrogens is 513 g/mol. The fourth-order valence-corrected chi connectivity index (χ4v) is 4.27. The van der Waals surface area contributed by atoms with E-state index in [1.54, 1.807) is 13.0 Å². The first-order valence-corrected chi connectivity index (χ1v) is 11.7. The first kappa shape index (κ1) is 25.6. The molecule has 39 heavy (non-hydrogen) atoms. The number of methoxy groups -OCH3 is 1. The van der Waals surface area contributed by atoms with Gasteiger partial charge in [0.2, 0.25) is 5.91 Å². The molecule has 4 aromatic rings. The minimum atomic E-state index is -0.674. The molecular formula is C24H22FN9O5. The number of pyridine rings is 1. The van der Waals surface area contributed by atoms with Crippen molar-refractivity contribution in [1.29, 1.82) is 0 Å². The summed E-state index contributed by atoms with van der Waals surface area (Å²) in [6.45, 7) is 1.54. The lowest BCUT2D eigenvalue weighted by atomic mass is 10.2. The quantitative estimate of drug-likeness (QED) is 0.330. The Kier molecular flexibility index (Phi) is 6.81. The molecule has 0 spiro atoms. The Hall–Kier alpha value is -5.05. The summed E-state index contributed by atoms with van der Waals surface area (Å²) < 4.78 is 20.7. The first-order valence-electron chi connectivity index (χ1n) is 11.7. The van der Waals surface area contributed by atoms with Crippen LogP contribution in [0.3, 0.4) is 0 Å². The van der Waals surface area contributed by atoms with Gasteiger partial charge in [0.25, 0.3) is 17.4 Å². The highest BCUT2D eigenvalue weighted by molar-refractivity contribution is 6.03. The summed E-state index contributed by atoms with van der Waals surface area (Å²) in [6, 6.07) is 6.46. The summed E-state index contributed by atoms with van der Waals surface area (Å²) in [4.78, 5) is 58.0. The Bertz CT molecular complexity index is 1640. The maximum atomic E-state index is 13.5. The number of amides is 3. The van der Waals surface area contributed by atoms with E-state index in [1.807, 2.05) is 0 Å². The second-order valence-electron chi connectivity index (χ2n) is 8.73. The molecule has 1 aliphatic heterocycles. The van der Waals surface area contributed by atoms with Gasteiger partial charge < -0.3 is 24.8 Å². The first-order chi connectivity index (χ1) is 18.8. The number of fused-ring (bicyclic) bond motifs is 2. The molecule has 200 valence electrons. The van der Waals surface area contributed by atoms with Gasteiger partial charge in [-0.2, -0.15) is 14.7 Å². The fourth-order valence-electron chi connectivity index (χ4n) is 4.27. The molecule has 1 aliphatic rings. The zero-order chi connectivity index (χ0) is 27.7. The number of halogens is 1. The largest absolute Gasteiger partial charge is 0.383 e. The molecule has 4 aromatic heterocycles. The molecule has 0 aromatic carbocycles. The van der Waals surface area contributed by atoms with Crippen molar-refractivity contribution in [2.24, 2.45) is 0 Å². The number of nitrogens with zero attached hydrogens (tertiary/aromatic N) is 7. The lowest BCUT2D eigenvalue weighted by Crippen LogP contribution is -2.37. The maximum Gasteiger partial charge on any atom is 0.280 e. The van der Waals surface area contributed by atoms with E-state index >= 15 is 0 Å². The number of hydrogen-bond donors (Lipinski definition) is 2. The number of aromatic nitrogens is 6. The van der Waals surface area contributed by atoms with Gasteiger partial charge in [-0.1, -0.05) is 0 Å². The second kappa shape index (κ2) is 10.4. The minimum absolute atomic E-state index is 0.00143. The van der Waals surface area contributed by atoms with Gasteiger partial charge in [0.1, 0.15) is 29.5 Å². The summed E-state index contributed by atoms with van der Waals surface area (Å²) >= 11 is 0. The van der Waals surface area contributed by atoms with E-state index in [9.17, 15) is 23.6 Å². The Morgan fingerprint density at radius 2 is 2.00 bits per heavy atom. The molecule has 5 rings (SSSR count). The van der Waals surface area contributed by atoms with Crippen molar-refractivity contribution in [3.05, 3.63) is 75.8 Å². The van der Waals surface area contributed by atoms with Crippen LogP contribution in [0.25, 0.3) is 5.65 Å². The van der Waals surface area contributed by atoms with Gasteiger partial charge in [-0.05, 0) is 31.2 Å². The normalized spacial score (nSPS) is 13.4. The van der Waals surface area contributed by atoms with Crippen molar-refractivity contribution in [3.63, 3.8) is 0 Å². The summed E-state index contributed by atoms with van der Waals surface area (Å²) in [5.41, 5.74) is -0.589. The van der Waals surface area contributed by atoms with Gasteiger partial charge >= 0.3 is 0 Å². The molecule has 5 heterocycles. The van der Waals surface area contributed by atoms with Gasteiger partial charge in [-0.25, -0.2) is 9.37 Å². The molecule has 1 atom stereocenters. The van der Waals surface area contributed by atoms with Crippen molar-refractivity contribution in [3.8, 4) is 0 Å². The molecule has 1 unspecified atom stereocenters. The second-order valence-corrected chi connectivity index (χ2v) is 8.73. The van der Waals surface area contributed by atoms with E-state index < -0.39 is 35.6 Å². The maximum absolute atomic E-state index is 13.5. The topological polar surface area (TPSA) is 166 Å². The predicted molar refractivity (Wildman–Crippen MR) is 133 cm³/mol. The highest BCUT2D eigenvalue weighted by atomic mass is 19.1. The van der Waals surface area contributed by atoms with E-state index in [4.69, 9.17) is 4.74 Å². The van der Waals surface area contributed by atoms with Crippen LogP contribution < -0.4 is 16.2 Å². The van der Waals surface area contributed by atoms with Gasteiger partial charge in [-0.15, -0.1) is 5.10 Å². The van der Waals surface area contributed by atoms with Crippen molar-refractivity contribution in [1.82, 2.24) is 34.3 Å². The third-order valence-electron chi connectivity index (χ3n) is 6.05. The van der Waals surface area contributed by atoms with Gasteiger partial charge in [0, 0.05) is 19.4 Å². The molecule has 0 saturated heterocycles. The van der Waals surface area contributed by atoms with Crippen molar-refractivity contribution < 1.29 is 23.5 Å². The molecule has 0 aliphatic carbocycles. The number of rotatable bonds is 8. The van der Waals surface area contributed by atoms with E-state index in [2.05, 4.69) is 30.9 Å². The van der Waals surface area contributed by atoms with Crippen LogP contribution in [0.15, 0.2) is 47.5 Å². The zero-order valence-corrected chi connectivity index (χ0v) is 20.8. The van der Waals surface area contributed by atoms with E-state index in [0.29, 0.717) is 0 Å². The van der Waals surface area contributed by atoms with Crippen LogP contribution in [0.5, 0.6) is 0 Å². The van der Waals surface area contributed by atoms with Crippen LogP contribution in [-0.2, 0) is 22.6 Å². The summed E-state index contributed by atoms with van der Waals surface area (Å²) in [5.74, 6) is -2.07. The zero-order valence-electron chi connectivity index (χ0n) is 20.8. The Morgan fingerprint density at radius 1 is 1.18 bits per heavy atom. The lowest BCUT2D eigenvalue weighted by molar-refractivity contribution is -0.116. The third kappa shape index (κ3) is 4.94. The number of carbonyl (C=O) groups is 3. The number of nitrogens with one attached hydrogen (secondary N) is 2. The third-order valence-corrected chi connectivity index (χ3v) is 6.05. The molecule has 14 nitrogen and oxygen atoms in total. The van der Waals surface area contributed by atoms with Crippen molar-refractivity contribution >= 4 is 35.0 Å². The van der Waals surface area contributed by atoms with Gasteiger partial charge in [-0.3, -0.25) is 19.2 Å². The van der Waals surface area contributed by atoms with Gasteiger partial charge in [0.05, 0.1) is 31.0 Å². The number of carbonyl (C=O) groups excluding carboxylic acids is 3. The Balaban J connectivity index is 1.56. The van der Waals surface area contributed by atoms with Crippen LogP contribution in [0, 0.1) is 5.82 Å². The fraction of sp³-hybridized carbons (Fsp3) is 0.250. The van der Waals surface area contributed by atoms with E-state index in [1.165, 1.54) is 41.0 Å². The number of hydrogen-bond acceptors (Lipinski definition) is 9.